The minimum atomic E-state index is 0.00514. The van der Waals surface area contributed by atoms with Crippen molar-refractivity contribution in [2.24, 2.45) is 5.92 Å². The first-order chi connectivity index (χ1) is 8.60. The SMILES string of the molecule is C=CCC(C)(C)c1nc2c(cnn2CC2CC2)[nH]1. The van der Waals surface area contributed by atoms with Crippen LogP contribution in [0.1, 0.15) is 38.9 Å². The number of hydrogen-bond acceptors (Lipinski definition) is 2. The van der Waals surface area contributed by atoms with Gasteiger partial charge in [0.25, 0.3) is 0 Å². The van der Waals surface area contributed by atoms with Crippen LogP contribution in [0.25, 0.3) is 11.2 Å². The van der Waals surface area contributed by atoms with E-state index >= 15 is 0 Å². The van der Waals surface area contributed by atoms with Gasteiger partial charge >= 0.3 is 0 Å². The molecule has 4 heteroatoms. The van der Waals surface area contributed by atoms with Gasteiger partial charge in [0.1, 0.15) is 11.3 Å². The van der Waals surface area contributed by atoms with Crippen molar-refractivity contribution in [3.63, 3.8) is 0 Å². The Labute approximate surface area is 107 Å². The highest BCUT2D eigenvalue weighted by molar-refractivity contribution is 5.70. The molecule has 0 amide bonds. The van der Waals surface area contributed by atoms with Crippen LogP contribution in [-0.4, -0.2) is 19.7 Å². The van der Waals surface area contributed by atoms with E-state index in [1.807, 2.05) is 17.0 Å². The van der Waals surface area contributed by atoms with Gasteiger partial charge in [0.05, 0.1) is 6.20 Å². The standard InChI is InChI=1S/C14H20N4/c1-4-7-14(2,3)13-16-11-8-15-18(12(11)17-13)9-10-5-6-10/h4,8,10H,1,5-7,9H2,2-3H3,(H,16,17). The molecule has 0 atom stereocenters. The second-order valence-corrected chi connectivity index (χ2v) is 5.97. The Morgan fingerprint density at radius 1 is 1.56 bits per heavy atom. The molecule has 1 saturated carbocycles. The molecule has 1 aliphatic carbocycles. The lowest BCUT2D eigenvalue weighted by Crippen LogP contribution is -2.18. The summed E-state index contributed by atoms with van der Waals surface area (Å²) in [4.78, 5) is 8.13. The smallest absolute Gasteiger partial charge is 0.176 e. The molecule has 0 aliphatic heterocycles. The van der Waals surface area contributed by atoms with E-state index in [-0.39, 0.29) is 5.41 Å². The third-order valence-electron chi connectivity index (χ3n) is 3.71. The van der Waals surface area contributed by atoms with Gasteiger partial charge in [-0.3, -0.25) is 0 Å². The highest BCUT2D eigenvalue weighted by Crippen LogP contribution is 2.32. The molecule has 96 valence electrons. The van der Waals surface area contributed by atoms with Crippen LogP contribution in [0.3, 0.4) is 0 Å². The number of nitrogens with zero attached hydrogens (tertiary/aromatic N) is 3. The van der Waals surface area contributed by atoms with Crippen LogP contribution in [0.2, 0.25) is 0 Å². The number of aromatic amines is 1. The summed E-state index contributed by atoms with van der Waals surface area (Å²) in [5, 5.41) is 4.41. The molecule has 0 radical (unpaired) electrons. The van der Waals surface area contributed by atoms with Gasteiger partial charge in [-0.15, -0.1) is 6.58 Å². The van der Waals surface area contributed by atoms with Gasteiger partial charge in [0.15, 0.2) is 5.65 Å². The summed E-state index contributed by atoms with van der Waals surface area (Å²) >= 11 is 0. The van der Waals surface area contributed by atoms with Crippen molar-refractivity contribution in [3.05, 3.63) is 24.7 Å². The summed E-state index contributed by atoms with van der Waals surface area (Å²) in [5.74, 6) is 1.84. The van der Waals surface area contributed by atoms with Crippen LogP contribution < -0.4 is 0 Å². The largest absolute Gasteiger partial charge is 0.339 e. The number of imidazole rings is 1. The molecule has 0 unspecified atom stereocenters. The molecule has 2 aromatic rings. The predicted octanol–water partition coefficient (Wildman–Crippen LogP) is 3.02. The van der Waals surface area contributed by atoms with Gasteiger partial charge in [-0.1, -0.05) is 19.9 Å². The molecular weight excluding hydrogens is 224 g/mol. The Kier molecular flexibility index (Phi) is 2.54. The molecule has 2 heterocycles. The minimum absolute atomic E-state index is 0.00514. The predicted molar refractivity (Wildman–Crippen MR) is 72.4 cm³/mol. The fraction of sp³-hybridized carbons (Fsp3) is 0.571. The quantitative estimate of drug-likeness (QED) is 0.822. The maximum absolute atomic E-state index is 4.74. The van der Waals surface area contributed by atoms with Gasteiger partial charge < -0.3 is 4.98 Å². The third-order valence-corrected chi connectivity index (χ3v) is 3.71. The average Bonchev–Trinajstić information content (AvgIpc) is 2.88. The van der Waals surface area contributed by atoms with Crippen LogP contribution in [0.4, 0.5) is 0 Å². The van der Waals surface area contributed by atoms with E-state index in [1.165, 1.54) is 12.8 Å². The molecule has 1 N–H and O–H groups in total. The summed E-state index contributed by atoms with van der Waals surface area (Å²) in [6.45, 7) is 9.20. The molecule has 0 spiro atoms. The molecule has 0 bridgehead atoms. The first kappa shape index (κ1) is 11.5. The first-order valence-electron chi connectivity index (χ1n) is 6.63. The fourth-order valence-electron chi connectivity index (χ4n) is 2.30. The Balaban J connectivity index is 1.95. The number of fused-ring (bicyclic) bond motifs is 1. The average molecular weight is 244 g/mol. The lowest BCUT2D eigenvalue weighted by atomic mass is 9.89. The molecular formula is C14H20N4. The number of nitrogens with one attached hydrogen (secondary N) is 1. The molecule has 18 heavy (non-hydrogen) atoms. The van der Waals surface area contributed by atoms with E-state index in [9.17, 15) is 0 Å². The Morgan fingerprint density at radius 3 is 3.00 bits per heavy atom. The number of H-pyrrole nitrogens is 1. The van der Waals surface area contributed by atoms with Crippen molar-refractivity contribution >= 4 is 11.2 Å². The van der Waals surface area contributed by atoms with Gasteiger partial charge in [-0.25, -0.2) is 9.67 Å². The van der Waals surface area contributed by atoms with E-state index in [0.29, 0.717) is 0 Å². The van der Waals surface area contributed by atoms with E-state index in [2.05, 4.69) is 30.5 Å². The van der Waals surface area contributed by atoms with E-state index < -0.39 is 0 Å². The Morgan fingerprint density at radius 2 is 2.33 bits per heavy atom. The van der Waals surface area contributed by atoms with Crippen molar-refractivity contribution in [2.45, 2.75) is 45.1 Å². The number of hydrogen-bond donors (Lipinski definition) is 1. The Bertz CT molecular complexity index is 572. The fourth-order valence-corrected chi connectivity index (χ4v) is 2.30. The lowest BCUT2D eigenvalue weighted by Gasteiger charge is -2.19. The van der Waals surface area contributed by atoms with E-state index in [0.717, 1.165) is 35.9 Å². The van der Waals surface area contributed by atoms with Crippen LogP contribution in [-0.2, 0) is 12.0 Å². The molecule has 0 saturated heterocycles. The van der Waals surface area contributed by atoms with Crippen LogP contribution in [0.5, 0.6) is 0 Å². The van der Waals surface area contributed by atoms with Crippen molar-refractivity contribution in [2.75, 3.05) is 0 Å². The maximum Gasteiger partial charge on any atom is 0.176 e. The molecule has 3 rings (SSSR count). The van der Waals surface area contributed by atoms with Crippen molar-refractivity contribution in [1.82, 2.24) is 19.7 Å². The lowest BCUT2D eigenvalue weighted by molar-refractivity contribution is 0.501. The molecule has 1 aliphatic rings. The normalized spacial score (nSPS) is 16.3. The molecule has 0 aromatic carbocycles. The third kappa shape index (κ3) is 1.96. The summed E-state index contributed by atoms with van der Waals surface area (Å²) in [7, 11) is 0. The van der Waals surface area contributed by atoms with Crippen LogP contribution >= 0.6 is 0 Å². The number of aromatic nitrogens is 4. The van der Waals surface area contributed by atoms with Crippen molar-refractivity contribution < 1.29 is 0 Å². The van der Waals surface area contributed by atoms with Crippen molar-refractivity contribution in [3.8, 4) is 0 Å². The first-order valence-corrected chi connectivity index (χ1v) is 6.63. The van der Waals surface area contributed by atoms with Gasteiger partial charge in [-0.2, -0.15) is 5.10 Å². The summed E-state index contributed by atoms with van der Waals surface area (Å²) in [5.41, 5.74) is 2.04. The van der Waals surface area contributed by atoms with Gasteiger partial charge in [-0.05, 0) is 25.2 Å². The summed E-state index contributed by atoms with van der Waals surface area (Å²) in [6.07, 6.45) is 7.42. The topological polar surface area (TPSA) is 46.5 Å². The highest BCUT2D eigenvalue weighted by atomic mass is 15.3. The Hall–Kier alpha value is -1.58. The monoisotopic (exact) mass is 244 g/mol. The minimum Gasteiger partial charge on any atom is -0.339 e. The number of rotatable bonds is 5. The highest BCUT2D eigenvalue weighted by Gasteiger charge is 2.26. The second-order valence-electron chi connectivity index (χ2n) is 5.97. The maximum atomic E-state index is 4.74. The zero-order valence-corrected chi connectivity index (χ0v) is 11.1. The molecule has 2 aromatic heterocycles. The summed E-state index contributed by atoms with van der Waals surface area (Å²) in [6, 6.07) is 0. The zero-order chi connectivity index (χ0) is 12.8. The van der Waals surface area contributed by atoms with E-state index in [1.54, 1.807) is 0 Å². The van der Waals surface area contributed by atoms with E-state index in [4.69, 9.17) is 4.98 Å². The summed E-state index contributed by atoms with van der Waals surface area (Å²) < 4.78 is 2.04. The van der Waals surface area contributed by atoms with Crippen LogP contribution in [0, 0.1) is 5.92 Å². The second kappa shape index (κ2) is 3.97. The van der Waals surface area contributed by atoms with Gasteiger partial charge in [0, 0.05) is 12.0 Å². The van der Waals surface area contributed by atoms with Crippen LogP contribution in [0.15, 0.2) is 18.9 Å². The molecule has 1 fully saturated rings. The van der Waals surface area contributed by atoms with Crippen molar-refractivity contribution in [1.29, 1.82) is 0 Å². The number of allylic oxidation sites excluding steroid dienone is 1. The van der Waals surface area contributed by atoms with Gasteiger partial charge in [0.2, 0.25) is 0 Å². The zero-order valence-electron chi connectivity index (χ0n) is 11.1. The molecule has 4 nitrogen and oxygen atoms in total.